The first-order chi connectivity index (χ1) is 11.3. The number of esters is 2. The molecule has 1 N–H and O–H groups in total. The molecule has 2 rings (SSSR count). The number of benzene rings is 1. The maximum atomic E-state index is 14.5. The molecule has 0 radical (unpaired) electrons. The highest BCUT2D eigenvalue weighted by atomic mass is 19.1. The summed E-state index contributed by atoms with van der Waals surface area (Å²) in [5.41, 5.74) is 0.160. The lowest BCUT2D eigenvalue weighted by Gasteiger charge is -2.34. The zero-order valence-electron chi connectivity index (χ0n) is 13.9. The maximum absolute atomic E-state index is 14.5. The lowest BCUT2D eigenvalue weighted by atomic mass is 10.1. The smallest absolute Gasteiger partial charge is 0.347 e. The number of likely N-dealkylation sites (N-methyl/N-ethyl adjacent to an activating group) is 1. The van der Waals surface area contributed by atoms with E-state index in [9.17, 15) is 18.8 Å². The number of halogens is 1. The Morgan fingerprint density at radius 1 is 1.12 bits per heavy atom. The molecule has 0 aliphatic carbocycles. The topological polar surface area (TPSA) is 79.0 Å². The van der Waals surface area contributed by atoms with Crippen LogP contribution in [0.1, 0.15) is 24.2 Å². The summed E-state index contributed by atoms with van der Waals surface area (Å²) in [5.74, 6) is -2.72. The quantitative estimate of drug-likeness (QED) is 0.660. The lowest BCUT2D eigenvalue weighted by molar-refractivity contribution is -0.135. The second-order valence-electron chi connectivity index (χ2n) is 5.70. The summed E-state index contributed by atoms with van der Waals surface area (Å²) in [5, 5.41) is 2.39. The fourth-order valence-corrected chi connectivity index (χ4v) is 2.50. The van der Waals surface area contributed by atoms with E-state index in [4.69, 9.17) is 0 Å². The van der Waals surface area contributed by atoms with Crippen LogP contribution in [0.4, 0.5) is 15.8 Å². The molecule has 1 aromatic carbocycles. The minimum atomic E-state index is -0.929. The molecule has 1 aliphatic rings. The Morgan fingerprint density at radius 2 is 1.75 bits per heavy atom. The van der Waals surface area contributed by atoms with Gasteiger partial charge >= 0.3 is 11.9 Å². The summed E-state index contributed by atoms with van der Waals surface area (Å²) in [6, 6.07) is 2.39. The van der Waals surface area contributed by atoms with Crippen LogP contribution < -0.4 is 10.2 Å². The first-order valence-corrected chi connectivity index (χ1v) is 7.55. The minimum Gasteiger partial charge on any atom is -0.390 e. The highest BCUT2D eigenvalue weighted by Crippen LogP contribution is 2.28. The first kappa shape index (κ1) is 17.9. The molecule has 1 heterocycles. The highest BCUT2D eigenvalue weighted by molar-refractivity contribution is 6.04. The number of carbonyl (C=O) groups is 3. The number of nitrogens with zero attached hydrogens (tertiary/aromatic N) is 2. The van der Waals surface area contributed by atoms with Gasteiger partial charge in [-0.05, 0) is 13.1 Å². The summed E-state index contributed by atoms with van der Waals surface area (Å²) >= 11 is 0. The third-order valence-electron chi connectivity index (χ3n) is 3.70. The molecule has 0 atom stereocenters. The summed E-state index contributed by atoms with van der Waals surface area (Å²) in [4.78, 5) is 38.4. The first-order valence-electron chi connectivity index (χ1n) is 7.55. The van der Waals surface area contributed by atoms with Crippen molar-refractivity contribution < 1.29 is 23.5 Å². The molecule has 7 nitrogen and oxygen atoms in total. The maximum Gasteiger partial charge on any atom is 0.347 e. The fraction of sp³-hybridized carbons (Fsp3) is 0.438. The third kappa shape index (κ3) is 4.29. The molecule has 0 unspecified atom stereocenters. The van der Waals surface area contributed by atoms with Crippen LogP contribution in [-0.4, -0.2) is 56.0 Å². The molecule has 130 valence electrons. The van der Waals surface area contributed by atoms with E-state index < -0.39 is 23.7 Å². The van der Waals surface area contributed by atoms with Crippen molar-refractivity contribution in [1.82, 2.24) is 4.90 Å². The van der Waals surface area contributed by atoms with Crippen LogP contribution in [0.2, 0.25) is 0 Å². The van der Waals surface area contributed by atoms with Crippen LogP contribution >= 0.6 is 0 Å². The van der Waals surface area contributed by atoms with Crippen molar-refractivity contribution >= 4 is 29.2 Å². The zero-order chi connectivity index (χ0) is 17.9. The van der Waals surface area contributed by atoms with Crippen LogP contribution in [-0.2, 0) is 14.3 Å². The van der Waals surface area contributed by atoms with E-state index in [0.29, 0.717) is 13.1 Å². The van der Waals surface area contributed by atoms with E-state index in [-0.39, 0.29) is 16.9 Å². The van der Waals surface area contributed by atoms with Crippen molar-refractivity contribution in [3.05, 3.63) is 23.5 Å². The van der Waals surface area contributed by atoms with Gasteiger partial charge in [0, 0.05) is 46.1 Å². The fourth-order valence-electron chi connectivity index (χ4n) is 2.50. The van der Waals surface area contributed by atoms with Crippen molar-refractivity contribution in [2.24, 2.45) is 0 Å². The highest BCUT2D eigenvalue weighted by Gasteiger charge is 2.23. The van der Waals surface area contributed by atoms with Crippen molar-refractivity contribution in [2.45, 2.75) is 13.8 Å². The van der Waals surface area contributed by atoms with E-state index in [1.807, 2.05) is 11.9 Å². The standard InChI is InChI=1S/C16H20FN3O4/c1-10(21)18-14-9-13(17)15(20-6-4-19(3)5-7-20)8-12(14)16(23)24-11(2)22/h8-9H,4-7H2,1-3H3,(H,18,21). The number of rotatable bonds is 3. The molecular weight excluding hydrogens is 317 g/mol. The van der Waals surface area contributed by atoms with Gasteiger partial charge in [-0.15, -0.1) is 0 Å². The number of piperazine rings is 1. The van der Waals surface area contributed by atoms with Gasteiger partial charge in [-0.2, -0.15) is 0 Å². The van der Waals surface area contributed by atoms with E-state index in [0.717, 1.165) is 26.1 Å². The SMILES string of the molecule is CC(=O)Nc1cc(F)c(N2CCN(C)CC2)cc1C(=O)OC(C)=O. The van der Waals surface area contributed by atoms with Crippen molar-refractivity contribution in [3.63, 3.8) is 0 Å². The van der Waals surface area contributed by atoms with Gasteiger partial charge in [0.2, 0.25) is 5.91 Å². The number of hydrogen-bond donors (Lipinski definition) is 1. The van der Waals surface area contributed by atoms with Gasteiger partial charge in [-0.3, -0.25) is 9.59 Å². The predicted molar refractivity (Wildman–Crippen MR) is 86.5 cm³/mol. The number of hydrogen-bond acceptors (Lipinski definition) is 6. The Balaban J connectivity index is 2.40. The minimum absolute atomic E-state index is 0.0240. The Labute approximate surface area is 139 Å². The Hall–Kier alpha value is -2.48. The average molecular weight is 337 g/mol. The molecule has 1 aromatic rings. The summed E-state index contributed by atoms with van der Waals surface area (Å²) < 4.78 is 19.0. The van der Waals surface area contributed by atoms with Gasteiger partial charge in [0.05, 0.1) is 16.9 Å². The molecule has 0 bridgehead atoms. The van der Waals surface area contributed by atoms with Gasteiger partial charge in [0.1, 0.15) is 5.82 Å². The van der Waals surface area contributed by atoms with Crippen LogP contribution in [0.5, 0.6) is 0 Å². The van der Waals surface area contributed by atoms with Gasteiger partial charge in [0.25, 0.3) is 0 Å². The number of ether oxygens (including phenoxy) is 1. The average Bonchev–Trinajstić information content (AvgIpc) is 2.47. The number of amides is 1. The van der Waals surface area contributed by atoms with Crippen LogP contribution in [0.15, 0.2) is 12.1 Å². The molecule has 8 heteroatoms. The second-order valence-corrected chi connectivity index (χ2v) is 5.70. The zero-order valence-corrected chi connectivity index (χ0v) is 13.9. The molecule has 24 heavy (non-hydrogen) atoms. The van der Waals surface area contributed by atoms with Crippen LogP contribution in [0, 0.1) is 5.82 Å². The molecule has 0 spiro atoms. The van der Waals surface area contributed by atoms with E-state index >= 15 is 0 Å². The molecule has 0 saturated carbocycles. The van der Waals surface area contributed by atoms with Gasteiger partial charge in [0.15, 0.2) is 0 Å². The predicted octanol–water partition coefficient (Wildman–Crippen LogP) is 1.24. The molecule has 0 aromatic heterocycles. The van der Waals surface area contributed by atoms with Gasteiger partial charge < -0.3 is 19.9 Å². The van der Waals surface area contributed by atoms with Crippen molar-refractivity contribution in [1.29, 1.82) is 0 Å². The Bertz CT molecular complexity index is 670. The summed E-state index contributed by atoms with van der Waals surface area (Å²) in [6.45, 7) is 5.08. The largest absolute Gasteiger partial charge is 0.390 e. The Morgan fingerprint density at radius 3 is 2.29 bits per heavy atom. The van der Waals surface area contributed by atoms with Crippen molar-refractivity contribution in [2.75, 3.05) is 43.4 Å². The van der Waals surface area contributed by atoms with E-state index in [1.54, 1.807) is 0 Å². The molecule has 1 saturated heterocycles. The van der Waals surface area contributed by atoms with Crippen LogP contribution in [0.3, 0.4) is 0 Å². The van der Waals surface area contributed by atoms with Gasteiger partial charge in [-0.1, -0.05) is 0 Å². The lowest BCUT2D eigenvalue weighted by Crippen LogP contribution is -2.44. The number of anilines is 2. The molecule has 1 amide bonds. The van der Waals surface area contributed by atoms with Gasteiger partial charge in [-0.25, -0.2) is 9.18 Å². The van der Waals surface area contributed by atoms with E-state index in [2.05, 4.69) is 15.0 Å². The number of carbonyl (C=O) groups excluding carboxylic acids is 3. The molecule has 1 aliphatic heterocycles. The van der Waals surface area contributed by atoms with E-state index in [1.165, 1.54) is 13.0 Å². The molecule has 1 fully saturated rings. The normalized spacial score (nSPS) is 15.1. The second kappa shape index (κ2) is 7.39. The monoisotopic (exact) mass is 337 g/mol. The third-order valence-corrected chi connectivity index (χ3v) is 3.70. The van der Waals surface area contributed by atoms with Crippen LogP contribution in [0.25, 0.3) is 0 Å². The summed E-state index contributed by atoms with van der Waals surface area (Å²) in [7, 11) is 1.98. The molecular formula is C16H20FN3O4. The summed E-state index contributed by atoms with van der Waals surface area (Å²) in [6.07, 6.45) is 0. The number of nitrogens with one attached hydrogen (secondary N) is 1. The van der Waals surface area contributed by atoms with Crippen molar-refractivity contribution in [3.8, 4) is 0 Å². The Kier molecular flexibility index (Phi) is 5.50.